The highest BCUT2D eigenvalue weighted by molar-refractivity contribution is 6.13. The molecule has 6 heteroatoms. The molecule has 0 amide bonds. The van der Waals surface area contributed by atoms with Gasteiger partial charge in [0, 0.05) is 27.6 Å². The first-order valence-corrected chi connectivity index (χ1v) is 20.4. The molecule has 10 aromatic rings. The minimum Gasteiger partial charge on any atom is -0.489 e. The van der Waals surface area contributed by atoms with Crippen LogP contribution in [0, 0.1) is 11.3 Å². The third-order valence-electron chi connectivity index (χ3n) is 11.7. The smallest absolute Gasteiger partial charge is 0.165 e. The van der Waals surface area contributed by atoms with Crippen LogP contribution in [0.3, 0.4) is 0 Å². The van der Waals surface area contributed by atoms with Crippen LogP contribution in [-0.4, -0.2) is 9.30 Å². The van der Waals surface area contributed by atoms with Crippen LogP contribution in [-0.2, 0) is 12.0 Å². The molecule has 0 N–H and O–H groups in total. The summed E-state index contributed by atoms with van der Waals surface area (Å²) in [5.41, 5.74) is 9.39. The van der Waals surface area contributed by atoms with Crippen LogP contribution in [0.5, 0.6) is 23.0 Å². The van der Waals surface area contributed by atoms with E-state index in [9.17, 15) is 5.26 Å². The molecule has 10 rings (SSSR count). The zero-order chi connectivity index (χ0) is 41.5. The summed E-state index contributed by atoms with van der Waals surface area (Å²) >= 11 is 0. The second-order valence-corrected chi connectivity index (χ2v) is 15.7. The maximum atomic E-state index is 10.6. The van der Waals surface area contributed by atoms with Crippen molar-refractivity contribution in [3.05, 3.63) is 216 Å². The van der Waals surface area contributed by atoms with Gasteiger partial charge in [0.15, 0.2) is 5.75 Å². The van der Waals surface area contributed by atoms with Crippen molar-refractivity contribution in [3.63, 3.8) is 0 Å². The zero-order valence-electron chi connectivity index (χ0n) is 33.9. The Hall–Kier alpha value is -8.01. The number of hydrogen-bond donors (Lipinski definition) is 0. The number of nitriles is 1. The summed E-state index contributed by atoms with van der Waals surface area (Å²) in [5, 5.41) is 14.8. The van der Waals surface area contributed by atoms with Crippen LogP contribution < -0.4 is 14.3 Å². The summed E-state index contributed by atoms with van der Waals surface area (Å²) in [6, 6.07) is 63.8. The van der Waals surface area contributed by atoms with Gasteiger partial charge in [-0.25, -0.2) is 0 Å². The largest absolute Gasteiger partial charge is 0.489 e. The molecule has 0 fully saturated rings. The van der Waals surface area contributed by atoms with Gasteiger partial charge in [0.25, 0.3) is 0 Å². The average Bonchev–Trinajstić information content (AvgIpc) is 3.82. The Morgan fingerprint density at radius 2 is 1.16 bits per heavy atom. The third-order valence-corrected chi connectivity index (χ3v) is 11.7. The van der Waals surface area contributed by atoms with E-state index in [1.807, 2.05) is 102 Å². The Morgan fingerprint density at radius 3 is 1.80 bits per heavy atom. The lowest BCUT2D eigenvalue weighted by molar-refractivity contribution is 0.245. The molecule has 0 saturated heterocycles. The summed E-state index contributed by atoms with van der Waals surface area (Å²) < 4.78 is 16.5. The average molecular weight is 792 g/mol. The summed E-state index contributed by atoms with van der Waals surface area (Å²) in [7, 11) is 0. The lowest BCUT2D eigenvalue weighted by atomic mass is 9.78. The zero-order valence-corrected chi connectivity index (χ0v) is 33.9. The molecule has 0 aliphatic carbocycles. The van der Waals surface area contributed by atoms with E-state index in [4.69, 9.17) is 14.3 Å². The molecule has 0 atom stereocenters. The Bertz CT molecular complexity index is 3240. The maximum Gasteiger partial charge on any atom is 0.165 e. The van der Waals surface area contributed by atoms with E-state index in [1.54, 1.807) is 0 Å². The predicted octanol–water partition coefficient (Wildman–Crippen LogP) is 13.9. The molecule has 61 heavy (non-hydrogen) atoms. The Labute approximate surface area is 354 Å². The molecule has 2 aromatic heterocycles. The monoisotopic (exact) mass is 791 g/mol. The minimum atomic E-state index is -0.260. The van der Waals surface area contributed by atoms with Crippen LogP contribution in [0.2, 0.25) is 0 Å². The fourth-order valence-electron chi connectivity index (χ4n) is 8.40. The molecule has 8 aromatic carbocycles. The standard InChI is InChI=1S/C55H41N3O3/c1-4-37-20-22-38(23-21-37)36-59-42-28-24-40(25-29-42)55(2,3)41-26-30-43(31-27-41)60-44-32-33-48(39(34-44)35-56)57-49-15-8-7-14-47(49)54-52(57)18-11-19-53(54)61-58-50-16-9-5-12-45(50)46-13-6-10-17-51(46)58/h4-34H,1,36H2,2-3H3. The van der Waals surface area contributed by atoms with Crippen LogP contribution >= 0.6 is 0 Å². The number of nitrogens with zero attached hydrogens (tertiary/aromatic N) is 3. The highest BCUT2D eigenvalue weighted by atomic mass is 16.7. The highest BCUT2D eigenvalue weighted by Gasteiger charge is 2.24. The van der Waals surface area contributed by atoms with Gasteiger partial charge in [0.2, 0.25) is 0 Å². The lowest BCUT2D eigenvalue weighted by Crippen LogP contribution is -2.18. The number of ether oxygens (including phenoxy) is 2. The molecule has 0 radical (unpaired) electrons. The number of hydrogen-bond acceptors (Lipinski definition) is 4. The van der Waals surface area contributed by atoms with Gasteiger partial charge < -0.3 is 18.9 Å². The van der Waals surface area contributed by atoms with Crippen molar-refractivity contribution in [1.29, 1.82) is 5.26 Å². The van der Waals surface area contributed by atoms with Crippen LogP contribution in [0.1, 0.15) is 41.7 Å². The van der Waals surface area contributed by atoms with E-state index in [0.717, 1.165) is 77.5 Å². The van der Waals surface area contributed by atoms with Gasteiger partial charge in [-0.1, -0.05) is 136 Å². The van der Waals surface area contributed by atoms with Crippen LogP contribution in [0.4, 0.5) is 0 Å². The fourth-order valence-corrected chi connectivity index (χ4v) is 8.40. The molecule has 294 valence electrons. The van der Waals surface area contributed by atoms with Crippen LogP contribution in [0.15, 0.2) is 189 Å². The lowest BCUT2D eigenvalue weighted by Gasteiger charge is -2.26. The summed E-state index contributed by atoms with van der Waals surface area (Å²) in [4.78, 5) is 6.86. The second-order valence-electron chi connectivity index (χ2n) is 15.7. The topological polar surface area (TPSA) is 61.3 Å². The van der Waals surface area contributed by atoms with Crippen molar-refractivity contribution in [2.45, 2.75) is 25.9 Å². The highest BCUT2D eigenvalue weighted by Crippen LogP contribution is 2.41. The SMILES string of the molecule is C=Cc1ccc(COc2ccc(C(C)(C)c3ccc(Oc4ccc(-n5c6ccccc6c6c(On7c8ccccc8c8ccccc87)cccc65)c(C#N)c4)cc3)cc2)cc1. The maximum absolute atomic E-state index is 10.6. The molecule has 0 aliphatic heterocycles. The number of fused-ring (bicyclic) bond motifs is 6. The number of para-hydroxylation sites is 3. The van der Waals surface area contributed by atoms with Crippen molar-refractivity contribution >= 4 is 49.7 Å². The minimum absolute atomic E-state index is 0.260. The van der Waals surface area contributed by atoms with E-state index in [0.29, 0.717) is 23.7 Å². The van der Waals surface area contributed by atoms with E-state index in [1.165, 1.54) is 5.56 Å². The number of benzene rings is 8. The number of aromatic nitrogens is 2. The number of rotatable bonds is 11. The molecule has 0 unspecified atom stereocenters. The Balaban J connectivity index is 0.909. The van der Waals surface area contributed by atoms with Gasteiger partial charge in [0.1, 0.15) is 29.9 Å². The summed E-state index contributed by atoms with van der Waals surface area (Å²) in [5.74, 6) is 2.81. The molecular weight excluding hydrogens is 751 g/mol. The molecule has 2 heterocycles. The molecule has 0 spiro atoms. The second kappa shape index (κ2) is 15.3. The molecular formula is C55H41N3O3. The van der Waals surface area contributed by atoms with E-state index in [2.05, 4.69) is 122 Å². The van der Waals surface area contributed by atoms with Gasteiger partial charge in [-0.2, -0.15) is 9.99 Å². The van der Waals surface area contributed by atoms with Crippen molar-refractivity contribution < 1.29 is 14.3 Å². The Morgan fingerprint density at radius 1 is 0.590 bits per heavy atom. The Kier molecular flexibility index (Phi) is 9.35. The van der Waals surface area contributed by atoms with E-state index < -0.39 is 0 Å². The van der Waals surface area contributed by atoms with Gasteiger partial charge >= 0.3 is 0 Å². The van der Waals surface area contributed by atoms with E-state index in [-0.39, 0.29) is 5.41 Å². The molecule has 0 aliphatic rings. The van der Waals surface area contributed by atoms with E-state index >= 15 is 0 Å². The van der Waals surface area contributed by atoms with Crippen molar-refractivity contribution in [1.82, 2.24) is 9.30 Å². The van der Waals surface area contributed by atoms with Gasteiger partial charge in [-0.3, -0.25) is 0 Å². The molecule has 0 bridgehead atoms. The quantitative estimate of drug-likeness (QED) is 0.131. The first kappa shape index (κ1) is 37.3. The van der Waals surface area contributed by atoms with Gasteiger partial charge in [-0.05, 0) is 89.0 Å². The molecule has 0 saturated carbocycles. The fraction of sp³-hybridized carbons (Fsp3) is 0.0727. The molecule has 6 nitrogen and oxygen atoms in total. The van der Waals surface area contributed by atoms with Crippen LogP contribution in [0.25, 0.3) is 55.4 Å². The first-order valence-electron chi connectivity index (χ1n) is 20.4. The van der Waals surface area contributed by atoms with Gasteiger partial charge in [-0.15, -0.1) is 0 Å². The first-order chi connectivity index (χ1) is 29.9. The third kappa shape index (κ3) is 6.73. The normalized spacial score (nSPS) is 11.6. The van der Waals surface area contributed by atoms with Crippen molar-refractivity contribution in [3.8, 4) is 34.8 Å². The predicted molar refractivity (Wildman–Crippen MR) is 247 cm³/mol. The summed E-state index contributed by atoms with van der Waals surface area (Å²) in [6.07, 6.45) is 1.84. The summed E-state index contributed by atoms with van der Waals surface area (Å²) in [6.45, 7) is 8.75. The van der Waals surface area contributed by atoms with Crippen molar-refractivity contribution in [2.24, 2.45) is 0 Å². The van der Waals surface area contributed by atoms with Gasteiger partial charge in [0.05, 0.1) is 38.7 Å². The van der Waals surface area contributed by atoms with Crippen molar-refractivity contribution in [2.75, 3.05) is 0 Å².